The first kappa shape index (κ1) is 33.3. The number of benzene rings is 1. The van der Waals surface area contributed by atoms with Gasteiger partial charge in [-0.3, -0.25) is 0 Å². The summed E-state index contributed by atoms with van der Waals surface area (Å²) >= 11 is 0. The maximum absolute atomic E-state index is 11.9. The molecule has 1 saturated carbocycles. The molecular weight excluding hydrogens is 520 g/mol. The molecule has 3 unspecified atom stereocenters. The smallest absolute Gasteiger partial charge is 0.331 e. The zero-order valence-corrected chi connectivity index (χ0v) is 26.8. The molecule has 1 aliphatic heterocycles. The van der Waals surface area contributed by atoms with Crippen LogP contribution in [-0.4, -0.2) is 55.7 Å². The van der Waals surface area contributed by atoms with Crippen LogP contribution in [0.2, 0.25) is 18.1 Å². The van der Waals surface area contributed by atoms with Gasteiger partial charge < -0.3 is 24.1 Å². The second kappa shape index (κ2) is 15.8. The van der Waals surface area contributed by atoms with Crippen molar-refractivity contribution >= 4 is 14.3 Å². The number of carboxylic acids is 1. The summed E-state index contributed by atoms with van der Waals surface area (Å²) in [5.74, 6) is -0.286. The van der Waals surface area contributed by atoms with Crippen LogP contribution < -0.4 is 0 Å². The van der Waals surface area contributed by atoms with Crippen molar-refractivity contribution < 1.29 is 28.9 Å². The largest absolute Gasteiger partial charge is 0.479 e. The lowest BCUT2D eigenvalue weighted by Gasteiger charge is -2.38. The van der Waals surface area contributed by atoms with Crippen LogP contribution in [0.25, 0.3) is 0 Å². The first-order valence-electron chi connectivity index (χ1n) is 15.9. The third-order valence-electron chi connectivity index (χ3n) is 9.58. The molecule has 3 rings (SSSR count). The van der Waals surface area contributed by atoms with Crippen LogP contribution in [0, 0.1) is 11.8 Å². The number of aliphatic carboxylic acids is 1. The van der Waals surface area contributed by atoms with Gasteiger partial charge in [0.15, 0.2) is 14.6 Å². The Kier molecular flexibility index (Phi) is 13.2. The molecule has 2 N–H and O–H groups in total. The Balaban J connectivity index is 1.50. The third-order valence-corrected chi connectivity index (χ3v) is 14.1. The highest BCUT2D eigenvalue weighted by atomic mass is 28.4. The second-order valence-electron chi connectivity index (χ2n) is 13.7. The number of ether oxygens (including phenoxy) is 2. The van der Waals surface area contributed by atoms with E-state index in [9.17, 15) is 15.0 Å². The summed E-state index contributed by atoms with van der Waals surface area (Å²) in [6.07, 6.45) is 11.4. The molecular formula is C33H56O6Si. The standard InChI is InChI=1S/C33H56O6Si/c1-33(2,3)40(4,5)39-29(32(35)36)21-11-7-10-19-26-27(20-13-12-18-25-16-8-6-9-17-25)30(24-28(26)34)38-31-22-14-15-23-37-31/h6,8-9,16-17,26-31,34H,7,10-15,18-24H2,1-5H3,(H,35,36)/t26-,27-,28+,29?,30?,31?/m1/s1. The summed E-state index contributed by atoms with van der Waals surface area (Å²) in [5.41, 5.74) is 1.38. The molecule has 6 atom stereocenters. The van der Waals surface area contributed by atoms with Crippen LogP contribution in [-0.2, 0) is 25.1 Å². The zero-order valence-electron chi connectivity index (χ0n) is 25.8. The summed E-state index contributed by atoms with van der Waals surface area (Å²) in [6, 6.07) is 10.7. The van der Waals surface area contributed by atoms with Gasteiger partial charge in [0.2, 0.25) is 0 Å². The van der Waals surface area contributed by atoms with Crippen LogP contribution in [0.4, 0.5) is 0 Å². The van der Waals surface area contributed by atoms with E-state index in [0.717, 1.165) is 77.2 Å². The first-order chi connectivity index (χ1) is 19.0. The van der Waals surface area contributed by atoms with Crippen molar-refractivity contribution in [1.82, 2.24) is 0 Å². The average Bonchev–Trinajstić information content (AvgIpc) is 3.19. The van der Waals surface area contributed by atoms with Gasteiger partial charge in [0, 0.05) is 13.0 Å². The Morgan fingerprint density at radius 2 is 1.73 bits per heavy atom. The predicted octanol–water partition coefficient (Wildman–Crippen LogP) is 7.73. The van der Waals surface area contributed by atoms with Crippen molar-refractivity contribution in [2.24, 2.45) is 11.8 Å². The van der Waals surface area contributed by atoms with Gasteiger partial charge in [-0.05, 0) is 86.9 Å². The van der Waals surface area contributed by atoms with Crippen molar-refractivity contribution in [2.45, 2.75) is 147 Å². The number of aliphatic hydroxyl groups excluding tert-OH is 1. The molecule has 1 heterocycles. The van der Waals surface area contributed by atoms with E-state index in [0.29, 0.717) is 18.8 Å². The lowest BCUT2D eigenvalue weighted by molar-refractivity contribution is -0.196. The molecule has 1 aliphatic carbocycles. The van der Waals surface area contributed by atoms with Gasteiger partial charge in [-0.2, -0.15) is 0 Å². The monoisotopic (exact) mass is 576 g/mol. The lowest BCUT2D eigenvalue weighted by atomic mass is 9.84. The summed E-state index contributed by atoms with van der Waals surface area (Å²) < 4.78 is 18.6. The third kappa shape index (κ3) is 10.2. The van der Waals surface area contributed by atoms with Crippen molar-refractivity contribution in [3.8, 4) is 0 Å². The van der Waals surface area contributed by atoms with Crippen LogP contribution in [0.1, 0.15) is 103 Å². The van der Waals surface area contributed by atoms with Crippen molar-refractivity contribution in [3.63, 3.8) is 0 Å². The fourth-order valence-corrected chi connectivity index (χ4v) is 7.41. The van der Waals surface area contributed by atoms with E-state index >= 15 is 0 Å². The summed E-state index contributed by atoms with van der Waals surface area (Å²) in [5, 5.41) is 20.9. The van der Waals surface area contributed by atoms with Crippen LogP contribution >= 0.6 is 0 Å². The van der Waals surface area contributed by atoms with Crippen molar-refractivity contribution in [2.75, 3.05) is 6.61 Å². The highest BCUT2D eigenvalue weighted by molar-refractivity contribution is 6.74. The normalized spacial score (nSPS) is 26.6. The summed E-state index contributed by atoms with van der Waals surface area (Å²) in [6.45, 7) is 11.4. The van der Waals surface area contributed by atoms with Crippen LogP contribution in [0.5, 0.6) is 0 Å². The summed E-state index contributed by atoms with van der Waals surface area (Å²) in [4.78, 5) is 11.9. The van der Waals surface area contributed by atoms with E-state index < -0.39 is 20.4 Å². The highest BCUT2D eigenvalue weighted by Crippen LogP contribution is 2.42. The summed E-state index contributed by atoms with van der Waals surface area (Å²) in [7, 11) is -2.14. The molecule has 228 valence electrons. The Bertz CT molecular complexity index is 863. The highest BCUT2D eigenvalue weighted by Gasteiger charge is 2.44. The fraction of sp³-hybridized carbons (Fsp3) is 0.788. The molecule has 0 spiro atoms. The predicted molar refractivity (Wildman–Crippen MR) is 163 cm³/mol. The van der Waals surface area contributed by atoms with Crippen molar-refractivity contribution in [1.29, 1.82) is 0 Å². The molecule has 1 saturated heterocycles. The van der Waals surface area contributed by atoms with Gasteiger partial charge in [-0.15, -0.1) is 0 Å². The molecule has 0 radical (unpaired) electrons. The van der Waals surface area contributed by atoms with Gasteiger partial charge in [0.25, 0.3) is 0 Å². The van der Waals surface area contributed by atoms with E-state index in [2.05, 4.69) is 64.2 Å². The van der Waals surface area contributed by atoms with Gasteiger partial charge >= 0.3 is 5.97 Å². The van der Waals surface area contributed by atoms with Gasteiger partial charge in [-0.1, -0.05) is 76.8 Å². The first-order valence-corrected chi connectivity index (χ1v) is 18.8. The minimum atomic E-state index is -2.14. The van der Waals surface area contributed by atoms with Gasteiger partial charge in [0.1, 0.15) is 6.10 Å². The Hall–Kier alpha value is -1.25. The number of carbonyl (C=O) groups is 1. The molecule has 1 aromatic carbocycles. The Morgan fingerprint density at radius 3 is 2.38 bits per heavy atom. The van der Waals surface area contributed by atoms with Crippen molar-refractivity contribution in [3.05, 3.63) is 35.9 Å². The van der Waals surface area contributed by atoms with Crippen LogP contribution in [0.15, 0.2) is 30.3 Å². The van der Waals surface area contributed by atoms with Crippen LogP contribution in [0.3, 0.4) is 0 Å². The SMILES string of the molecule is CC(C)(C)[Si](C)(C)OC(CCCCC[C@H]1[C@@H](O)CC(OC2CCCCO2)[C@@H]1CCCCc1ccccc1)C(=O)O. The average molecular weight is 577 g/mol. The maximum atomic E-state index is 11.9. The molecule has 40 heavy (non-hydrogen) atoms. The van der Waals surface area contributed by atoms with Gasteiger partial charge in [-0.25, -0.2) is 4.79 Å². The van der Waals surface area contributed by atoms with E-state index in [1.807, 2.05) is 0 Å². The lowest BCUT2D eigenvalue weighted by Crippen LogP contribution is -2.46. The topological polar surface area (TPSA) is 85.2 Å². The molecule has 6 nitrogen and oxygen atoms in total. The molecule has 0 amide bonds. The number of aryl methyl sites for hydroxylation is 1. The number of unbranched alkanes of at least 4 members (excludes halogenated alkanes) is 3. The number of hydrogen-bond donors (Lipinski definition) is 2. The molecule has 2 aliphatic rings. The molecule has 2 fully saturated rings. The number of rotatable bonds is 16. The minimum Gasteiger partial charge on any atom is -0.479 e. The van der Waals surface area contributed by atoms with E-state index in [1.54, 1.807) is 0 Å². The second-order valence-corrected chi connectivity index (χ2v) is 18.4. The Morgan fingerprint density at radius 1 is 1.02 bits per heavy atom. The number of carboxylic acid groups (broad SMARTS) is 1. The quantitative estimate of drug-likeness (QED) is 0.155. The maximum Gasteiger partial charge on any atom is 0.331 e. The molecule has 0 aromatic heterocycles. The minimum absolute atomic E-state index is 0.0172. The van der Waals surface area contributed by atoms with E-state index in [4.69, 9.17) is 13.9 Å². The zero-order chi connectivity index (χ0) is 29.2. The van der Waals surface area contributed by atoms with E-state index in [-0.39, 0.29) is 29.5 Å². The van der Waals surface area contributed by atoms with E-state index in [1.165, 1.54) is 5.56 Å². The van der Waals surface area contributed by atoms with Gasteiger partial charge in [0.05, 0.1) is 12.2 Å². The molecule has 7 heteroatoms. The number of hydrogen-bond acceptors (Lipinski definition) is 5. The Labute approximate surface area is 244 Å². The fourth-order valence-electron chi connectivity index (χ4n) is 6.13. The molecule has 1 aromatic rings. The number of aliphatic hydroxyl groups is 1. The molecule has 0 bridgehead atoms.